The number of nitrogens with zero attached hydrogens (tertiary/aromatic N) is 1. The number of aliphatic hydroxyl groups excluding tert-OH is 1. The van der Waals surface area contributed by atoms with Gasteiger partial charge in [0.2, 0.25) is 5.91 Å². The monoisotopic (exact) mass is 399 g/mol. The molecule has 156 valence electrons. The first-order valence-corrected chi connectivity index (χ1v) is 10.4. The smallest absolute Gasteiger partial charge is 0.223 e. The Kier molecular flexibility index (Phi) is 7.63. The Labute approximate surface area is 173 Å². The van der Waals surface area contributed by atoms with Gasteiger partial charge >= 0.3 is 0 Å². The molecule has 2 aromatic carbocycles. The molecule has 0 bridgehead atoms. The molecule has 1 heterocycles. The molecule has 3 rings (SSSR count). The number of quaternary nitrogens is 2. The van der Waals surface area contributed by atoms with Gasteiger partial charge in [0.1, 0.15) is 57.7 Å². The minimum absolute atomic E-state index is 0.0113. The second-order valence-corrected chi connectivity index (χ2v) is 7.90. The standard InChI is InChI=1S/C23H31N3O3/c1-19(27)24(2)21-8-10-23(11-9-21)29-18-22(28)17-26-14-12-25(13-15-26)16-20-6-4-3-5-7-20/h3-11,22,28H,12-18H2,1-2H3/p+2/t22-/m1/s1. The zero-order chi connectivity index (χ0) is 20.6. The number of nitrogens with one attached hydrogen (secondary N) is 2. The van der Waals surface area contributed by atoms with E-state index in [1.54, 1.807) is 16.8 Å². The zero-order valence-corrected chi connectivity index (χ0v) is 17.4. The highest BCUT2D eigenvalue weighted by molar-refractivity contribution is 5.90. The SMILES string of the molecule is CC(=O)N(C)c1ccc(OC[C@H](O)C[NH+]2CC[NH+](Cc3ccccc3)CC2)cc1. The number of anilines is 1. The van der Waals surface area contributed by atoms with Crippen LogP contribution in [0.15, 0.2) is 54.6 Å². The molecular formula is C23H33N3O3+2. The molecule has 1 aliphatic heterocycles. The van der Waals surface area contributed by atoms with Crippen LogP contribution in [-0.2, 0) is 11.3 Å². The molecule has 1 fully saturated rings. The first-order chi connectivity index (χ1) is 14.0. The summed E-state index contributed by atoms with van der Waals surface area (Å²) in [7, 11) is 1.74. The van der Waals surface area contributed by atoms with E-state index in [1.165, 1.54) is 17.4 Å². The predicted octanol–water partition coefficient (Wildman–Crippen LogP) is -0.607. The lowest BCUT2D eigenvalue weighted by Gasteiger charge is -2.30. The zero-order valence-electron chi connectivity index (χ0n) is 17.4. The summed E-state index contributed by atoms with van der Waals surface area (Å²) in [5.41, 5.74) is 2.21. The van der Waals surface area contributed by atoms with Crippen molar-refractivity contribution >= 4 is 11.6 Å². The number of hydrogen-bond donors (Lipinski definition) is 3. The molecule has 0 aromatic heterocycles. The first-order valence-electron chi connectivity index (χ1n) is 10.4. The average Bonchev–Trinajstić information content (AvgIpc) is 2.74. The molecule has 3 N–H and O–H groups in total. The Morgan fingerprint density at radius 3 is 2.28 bits per heavy atom. The van der Waals surface area contributed by atoms with Crippen molar-refractivity contribution in [3.63, 3.8) is 0 Å². The predicted molar refractivity (Wildman–Crippen MR) is 113 cm³/mol. The largest absolute Gasteiger partial charge is 0.491 e. The average molecular weight is 400 g/mol. The summed E-state index contributed by atoms with van der Waals surface area (Å²) in [6, 6.07) is 18.0. The van der Waals surface area contributed by atoms with Gasteiger partial charge < -0.3 is 24.5 Å². The molecule has 1 amide bonds. The van der Waals surface area contributed by atoms with Crippen molar-refractivity contribution in [3.05, 3.63) is 60.2 Å². The van der Waals surface area contributed by atoms with Crippen molar-refractivity contribution in [3.8, 4) is 5.75 Å². The summed E-state index contributed by atoms with van der Waals surface area (Å²) in [6.45, 7) is 8.01. The first kappa shape index (κ1) is 21.3. The Hall–Kier alpha value is -2.41. The number of carbonyl (C=O) groups is 1. The molecule has 1 saturated heterocycles. The molecule has 29 heavy (non-hydrogen) atoms. The fraction of sp³-hybridized carbons (Fsp3) is 0.435. The highest BCUT2D eigenvalue weighted by Crippen LogP contribution is 2.18. The van der Waals surface area contributed by atoms with Gasteiger partial charge in [-0.15, -0.1) is 0 Å². The molecule has 2 aromatic rings. The summed E-state index contributed by atoms with van der Waals surface area (Å²) >= 11 is 0. The third kappa shape index (κ3) is 6.56. The maximum atomic E-state index is 11.4. The van der Waals surface area contributed by atoms with Crippen LogP contribution in [0, 0.1) is 0 Å². The van der Waals surface area contributed by atoms with Gasteiger partial charge in [0.05, 0.1) is 0 Å². The molecule has 0 radical (unpaired) electrons. The van der Waals surface area contributed by atoms with Crippen LogP contribution in [0.1, 0.15) is 12.5 Å². The summed E-state index contributed by atoms with van der Waals surface area (Å²) in [4.78, 5) is 16.0. The van der Waals surface area contributed by atoms with Crippen LogP contribution in [-0.4, -0.2) is 63.5 Å². The van der Waals surface area contributed by atoms with E-state index in [9.17, 15) is 9.90 Å². The fourth-order valence-electron chi connectivity index (χ4n) is 3.75. The molecule has 6 heteroatoms. The number of piperazine rings is 1. The number of amides is 1. The summed E-state index contributed by atoms with van der Waals surface area (Å²) in [5.74, 6) is 0.694. The van der Waals surface area contributed by atoms with E-state index in [1.807, 2.05) is 24.3 Å². The summed E-state index contributed by atoms with van der Waals surface area (Å²) < 4.78 is 5.73. The number of aliphatic hydroxyl groups is 1. The maximum absolute atomic E-state index is 11.4. The van der Waals surface area contributed by atoms with Gasteiger partial charge in [0.25, 0.3) is 0 Å². The number of carbonyl (C=O) groups excluding carboxylic acids is 1. The van der Waals surface area contributed by atoms with Crippen LogP contribution in [0.4, 0.5) is 5.69 Å². The molecule has 1 atom stereocenters. The Morgan fingerprint density at radius 1 is 1.03 bits per heavy atom. The summed E-state index contributed by atoms with van der Waals surface area (Å²) in [6.07, 6.45) is -0.486. The molecule has 0 aliphatic carbocycles. The number of rotatable bonds is 8. The van der Waals surface area contributed by atoms with Crippen molar-refractivity contribution in [2.75, 3.05) is 51.3 Å². The van der Waals surface area contributed by atoms with Gasteiger partial charge in [-0.3, -0.25) is 4.79 Å². The van der Waals surface area contributed by atoms with Gasteiger partial charge in [-0.1, -0.05) is 30.3 Å². The van der Waals surface area contributed by atoms with E-state index in [0.29, 0.717) is 12.3 Å². The van der Waals surface area contributed by atoms with Crippen LogP contribution in [0.5, 0.6) is 5.75 Å². The van der Waals surface area contributed by atoms with Crippen molar-refractivity contribution < 1.29 is 24.4 Å². The topological polar surface area (TPSA) is 58.6 Å². The molecule has 0 unspecified atom stereocenters. The maximum Gasteiger partial charge on any atom is 0.223 e. The van der Waals surface area contributed by atoms with Gasteiger partial charge in [-0.05, 0) is 24.3 Å². The Morgan fingerprint density at radius 2 is 1.66 bits per heavy atom. The van der Waals surface area contributed by atoms with Crippen LogP contribution >= 0.6 is 0 Å². The van der Waals surface area contributed by atoms with E-state index in [0.717, 1.165) is 38.4 Å². The van der Waals surface area contributed by atoms with Crippen molar-refractivity contribution in [1.82, 2.24) is 0 Å². The van der Waals surface area contributed by atoms with E-state index in [2.05, 4.69) is 30.3 Å². The molecule has 0 spiro atoms. The minimum atomic E-state index is -0.486. The van der Waals surface area contributed by atoms with Gasteiger partial charge in [0.15, 0.2) is 0 Å². The van der Waals surface area contributed by atoms with Crippen LogP contribution in [0.2, 0.25) is 0 Å². The normalized spacial score (nSPS) is 20.1. The number of ether oxygens (including phenoxy) is 1. The van der Waals surface area contributed by atoms with Gasteiger partial charge in [-0.2, -0.15) is 0 Å². The lowest BCUT2D eigenvalue weighted by molar-refractivity contribution is -1.02. The minimum Gasteiger partial charge on any atom is -0.491 e. The highest BCUT2D eigenvalue weighted by Gasteiger charge is 2.25. The third-order valence-corrected chi connectivity index (χ3v) is 5.62. The molecule has 6 nitrogen and oxygen atoms in total. The van der Waals surface area contributed by atoms with E-state index in [4.69, 9.17) is 4.74 Å². The van der Waals surface area contributed by atoms with E-state index < -0.39 is 6.10 Å². The fourth-order valence-corrected chi connectivity index (χ4v) is 3.75. The number of benzene rings is 2. The second-order valence-electron chi connectivity index (χ2n) is 7.90. The Bertz CT molecular complexity index is 759. The quantitative estimate of drug-likeness (QED) is 0.555. The lowest BCUT2D eigenvalue weighted by Crippen LogP contribution is -3.28. The lowest BCUT2D eigenvalue weighted by atomic mass is 10.2. The molecular weight excluding hydrogens is 366 g/mol. The van der Waals surface area contributed by atoms with Gasteiger partial charge in [0, 0.05) is 25.2 Å². The Balaban J connectivity index is 1.37. The van der Waals surface area contributed by atoms with Gasteiger partial charge in [-0.25, -0.2) is 0 Å². The highest BCUT2D eigenvalue weighted by atomic mass is 16.5. The molecule has 1 aliphatic rings. The van der Waals surface area contributed by atoms with Crippen molar-refractivity contribution in [1.29, 1.82) is 0 Å². The third-order valence-electron chi connectivity index (χ3n) is 5.62. The second kappa shape index (κ2) is 10.4. The van der Waals surface area contributed by atoms with Crippen LogP contribution in [0.3, 0.4) is 0 Å². The van der Waals surface area contributed by atoms with E-state index in [-0.39, 0.29) is 12.5 Å². The molecule has 0 saturated carbocycles. The summed E-state index contributed by atoms with van der Waals surface area (Å²) in [5, 5.41) is 10.4. The van der Waals surface area contributed by atoms with Crippen LogP contribution < -0.4 is 19.4 Å². The van der Waals surface area contributed by atoms with Crippen molar-refractivity contribution in [2.45, 2.75) is 19.6 Å². The van der Waals surface area contributed by atoms with Crippen molar-refractivity contribution in [2.24, 2.45) is 0 Å². The van der Waals surface area contributed by atoms with E-state index >= 15 is 0 Å². The number of hydrogen-bond acceptors (Lipinski definition) is 3. The van der Waals surface area contributed by atoms with Crippen LogP contribution in [0.25, 0.3) is 0 Å².